The lowest BCUT2D eigenvalue weighted by molar-refractivity contribution is 0.0693. The number of aryl methyl sites for hydroxylation is 2. The number of carbonyl (C=O) groups excluding carboxylic acids is 1. The van der Waals surface area contributed by atoms with Crippen LogP contribution in [-0.2, 0) is 0 Å². The van der Waals surface area contributed by atoms with Crippen molar-refractivity contribution in [2.75, 3.05) is 18.0 Å². The van der Waals surface area contributed by atoms with Crippen molar-refractivity contribution in [2.24, 2.45) is 0 Å². The second-order valence-corrected chi connectivity index (χ2v) is 5.81. The Labute approximate surface area is 142 Å². The number of carboxylic acids is 1. The molecule has 2 aromatic rings. The van der Waals surface area contributed by atoms with Crippen LogP contribution in [-0.4, -0.2) is 29.9 Å². The fraction of sp³-hybridized carbons (Fsp3) is 0.300. The standard InChI is InChI=1S/C20H23NO3/c1-5-21(6-2)18-12-13(3)17(11-14(18)4)19(22)15-9-7-8-10-16(15)20(23)24/h7-12H,5-6H2,1-4H3,(H,23,24). The van der Waals surface area contributed by atoms with Crippen LogP contribution in [0.5, 0.6) is 0 Å². The summed E-state index contributed by atoms with van der Waals surface area (Å²) >= 11 is 0. The highest BCUT2D eigenvalue weighted by atomic mass is 16.4. The number of anilines is 1. The number of aromatic carboxylic acids is 1. The fourth-order valence-corrected chi connectivity index (χ4v) is 2.96. The number of hydrogen-bond acceptors (Lipinski definition) is 3. The molecule has 0 aliphatic rings. The van der Waals surface area contributed by atoms with Gasteiger partial charge < -0.3 is 10.0 Å². The van der Waals surface area contributed by atoms with Gasteiger partial charge in [0.25, 0.3) is 0 Å². The maximum Gasteiger partial charge on any atom is 0.336 e. The van der Waals surface area contributed by atoms with Crippen LogP contribution in [0.3, 0.4) is 0 Å². The maximum atomic E-state index is 12.9. The number of carboxylic acid groups (broad SMARTS) is 1. The van der Waals surface area contributed by atoms with Crippen molar-refractivity contribution in [2.45, 2.75) is 27.7 Å². The fourth-order valence-electron chi connectivity index (χ4n) is 2.96. The third-order valence-electron chi connectivity index (χ3n) is 4.29. The van der Waals surface area contributed by atoms with Crippen LogP contribution in [0.4, 0.5) is 5.69 Å². The van der Waals surface area contributed by atoms with Gasteiger partial charge in [-0.25, -0.2) is 4.79 Å². The summed E-state index contributed by atoms with van der Waals surface area (Å²) in [6.07, 6.45) is 0. The lowest BCUT2D eigenvalue weighted by Crippen LogP contribution is -2.23. The van der Waals surface area contributed by atoms with Crippen molar-refractivity contribution >= 4 is 17.4 Å². The number of nitrogens with zero attached hydrogens (tertiary/aromatic N) is 1. The van der Waals surface area contributed by atoms with E-state index < -0.39 is 5.97 Å². The molecule has 0 amide bonds. The quantitative estimate of drug-likeness (QED) is 0.813. The van der Waals surface area contributed by atoms with E-state index in [-0.39, 0.29) is 16.9 Å². The molecule has 0 fully saturated rings. The summed E-state index contributed by atoms with van der Waals surface area (Å²) in [5, 5.41) is 9.31. The molecule has 0 atom stereocenters. The highest BCUT2D eigenvalue weighted by Crippen LogP contribution is 2.26. The average Bonchev–Trinajstić information content (AvgIpc) is 2.58. The molecule has 24 heavy (non-hydrogen) atoms. The largest absolute Gasteiger partial charge is 0.478 e. The number of rotatable bonds is 6. The van der Waals surface area contributed by atoms with Crippen LogP contribution in [0.25, 0.3) is 0 Å². The predicted molar refractivity (Wildman–Crippen MR) is 96.3 cm³/mol. The third kappa shape index (κ3) is 3.32. The SMILES string of the molecule is CCN(CC)c1cc(C)c(C(=O)c2ccccc2C(=O)O)cc1C. The average molecular weight is 325 g/mol. The lowest BCUT2D eigenvalue weighted by Gasteiger charge is -2.24. The molecule has 0 spiro atoms. The smallest absolute Gasteiger partial charge is 0.336 e. The Morgan fingerprint density at radius 2 is 1.50 bits per heavy atom. The molecule has 1 N–H and O–H groups in total. The van der Waals surface area contributed by atoms with Crippen LogP contribution in [0.2, 0.25) is 0 Å². The third-order valence-corrected chi connectivity index (χ3v) is 4.29. The van der Waals surface area contributed by atoms with Crippen LogP contribution in [0.15, 0.2) is 36.4 Å². The minimum absolute atomic E-state index is 0.0346. The van der Waals surface area contributed by atoms with Gasteiger partial charge in [0.15, 0.2) is 5.78 Å². The van der Waals surface area contributed by atoms with Crippen molar-refractivity contribution in [3.05, 3.63) is 64.2 Å². The zero-order valence-corrected chi connectivity index (χ0v) is 14.6. The second kappa shape index (κ2) is 7.30. The summed E-state index contributed by atoms with van der Waals surface area (Å²) in [5.41, 5.74) is 3.79. The van der Waals surface area contributed by atoms with Gasteiger partial charge in [-0.1, -0.05) is 18.2 Å². The Balaban J connectivity index is 2.52. The molecular weight excluding hydrogens is 302 g/mol. The Kier molecular flexibility index (Phi) is 5.39. The van der Waals surface area contributed by atoms with E-state index >= 15 is 0 Å². The van der Waals surface area contributed by atoms with Crippen molar-refractivity contribution in [1.29, 1.82) is 0 Å². The molecular formula is C20H23NO3. The monoisotopic (exact) mass is 325 g/mol. The zero-order valence-electron chi connectivity index (χ0n) is 14.6. The van der Waals surface area contributed by atoms with E-state index in [4.69, 9.17) is 0 Å². The van der Waals surface area contributed by atoms with Crippen LogP contribution in [0.1, 0.15) is 51.3 Å². The minimum Gasteiger partial charge on any atom is -0.478 e. The molecule has 0 aliphatic carbocycles. The second-order valence-electron chi connectivity index (χ2n) is 5.81. The van der Waals surface area contributed by atoms with Gasteiger partial charge in [-0.2, -0.15) is 0 Å². The maximum absolute atomic E-state index is 12.9. The summed E-state index contributed by atoms with van der Waals surface area (Å²) in [4.78, 5) is 26.5. The van der Waals surface area contributed by atoms with E-state index in [9.17, 15) is 14.7 Å². The van der Waals surface area contributed by atoms with Gasteiger partial charge in [0, 0.05) is 29.9 Å². The first kappa shape index (κ1) is 17.7. The molecule has 0 saturated heterocycles. The Morgan fingerprint density at radius 1 is 0.917 bits per heavy atom. The first-order valence-electron chi connectivity index (χ1n) is 8.13. The van der Waals surface area contributed by atoms with Crippen molar-refractivity contribution < 1.29 is 14.7 Å². The molecule has 0 aromatic heterocycles. The summed E-state index contributed by atoms with van der Waals surface area (Å²) in [6, 6.07) is 10.2. The first-order chi connectivity index (χ1) is 11.4. The minimum atomic E-state index is -1.09. The molecule has 0 saturated carbocycles. The Bertz CT molecular complexity index is 776. The number of carbonyl (C=O) groups is 2. The number of ketones is 1. The number of hydrogen-bond donors (Lipinski definition) is 1. The molecule has 2 rings (SSSR count). The van der Waals surface area contributed by atoms with Gasteiger partial charge >= 0.3 is 5.97 Å². The molecule has 0 heterocycles. The van der Waals surface area contributed by atoms with Crippen LogP contribution in [0, 0.1) is 13.8 Å². The molecule has 0 unspecified atom stereocenters. The summed E-state index contributed by atoms with van der Waals surface area (Å²) in [7, 11) is 0. The van der Waals surface area contributed by atoms with Crippen LogP contribution < -0.4 is 4.90 Å². The Morgan fingerprint density at radius 3 is 2.04 bits per heavy atom. The normalized spacial score (nSPS) is 10.5. The molecule has 126 valence electrons. The van der Waals surface area contributed by atoms with E-state index in [1.807, 2.05) is 26.0 Å². The molecule has 0 bridgehead atoms. The van der Waals surface area contributed by atoms with E-state index in [0.717, 1.165) is 29.9 Å². The van der Waals surface area contributed by atoms with E-state index in [1.54, 1.807) is 18.2 Å². The van der Waals surface area contributed by atoms with E-state index in [0.29, 0.717) is 5.56 Å². The van der Waals surface area contributed by atoms with Gasteiger partial charge in [0.05, 0.1) is 5.56 Å². The molecule has 0 aliphatic heterocycles. The highest BCUT2D eigenvalue weighted by molar-refractivity contribution is 6.15. The van der Waals surface area contributed by atoms with Crippen molar-refractivity contribution in [3.63, 3.8) is 0 Å². The molecule has 4 heteroatoms. The Hall–Kier alpha value is -2.62. The zero-order chi connectivity index (χ0) is 17.9. The predicted octanol–water partition coefficient (Wildman–Crippen LogP) is 4.08. The summed E-state index contributed by atoms with van der Waals surface area (Å²) in [6.45, 7) is 9.86. The number of benzene rings is 2. The summed E-state index contributed by atoms with van der Waals surface area (Å²) < 4.78 is 0. The summed E-state index contributed by atoms with van der Waals surface area (Å²) in [5.74, 6) is -1.34. The lowest BCUT2D eigenvalue weighted by atomic mass is 9.93. The van der Waals surface area contributed by atoms with Gasteiger partial charge in [-0.3, -0.25) is 4.79 Å². The highest BCUT2D eigenvalue weighted by Gasteiger charge is 2.20. The van der Waals surface area contributed by atoms with Crippen molar-refractivity contribution in [1.82, 2.24) is 0 Å². The van der Waals surface area contributed by atoms with Gasteiger partial charge in [0.1, 0.15) is 0 Å². The van der Waals surface area contributed by atoms with Gasteiger partial charge in [-0.05, 0) is 57.0 Å². The van der Waals surface area contributed by atoms with Gasteiger partial charge in [0.2, 0.25) is 0 Å². The van der Waals surface area contributed by atoms with Crippen molar-refractivity contribution in [3.8, 4) is 0 Å². The molecule has 4 nitrogen and oxygen atoms in total. The molecule has 2 aromatic carbocycles. The topological polar surface area (TPSA) is 57.6 Å². The molecule has 0 radical (unpaired) electrons. The van der Waals surface area contributed by atoms with Crippen LogP contribution >= 0.6 is 0 Å². The first-order valence-corrected chi connectivity index (χ1v) is 8.13. The van der Waals surface area contributed by atoms with Gasteiger partial charge in [-0.15, -0.1) is 0 Å². The van der Waals surface area contributed by atoms with E-state index in [2.05, 4.69) is 18.7 Å². The van der Waals surface area contributed by atoms with E-state index in [1.165, 1.54) is 6.07 Å².